The van der Waals surface area contributed by atoms with Crippen LogP contribution >= 0.6 is 0 Å². The average molecular weight is 257 g/mol. The van der Waals surface area contributed by atoms with Crippen molar-refractivity contribution < 1.29 is 15.0 Å². The zero-order valence-electron chi connectivity index (χ0n) is 10.3. The van der Waals surface area contributed by atoms with Gasteiger partial charge in [0.2, 0.25) is 5.91 Å². The molecule has 0 heterocycles. The van der Waals surface area contributed by atoms with Crippen LogP contribution in [0.4, 0.5) is 5.69 Å². The van der Waals surface area contributed by atoms with Crippen molar-refractivity contribution in [1.82, 2.24) is 0 Å². The molecule has 0 aliphatic heterocycles. The number of aromatic hydroxyl groups is 1. The Bertz CT molecular complexity index is 581. The first-order chi connectivity index (χ1) is 9.19. The molecule has 2 aromatic carbocycles. The second kappa shape index (κ2) is 6.02. The topological polar surface area (TPSA) is 69.6 Å². The number of phenols is 1. The minimum Gasteiger partial charge on any atom is -0.508 e. The number of aliphatic hydroxyl groups is 1. The molecule has 0 radical (unpaired) electrons. The van der Waals surface area contributed by atoms with Gasteiger partial charge >= 0.3 is 0 Å². The highest BCUT2D eigenvalue weighted by molar-refractivity contribution is 5.93. The Morgan fingerprint density at radius 3 is 2.63 bits per heavy atom. The Labute approximate surface area is 111 Å². The Morgan fingerprint density at radius 2 is 1.89 bits per heavy atom. The summed E-state index contributed by atoms with van der Waals surface area (Å²) in [6.45, 7) is -0.122. The van der Waals surface area contributed by atoms with Crippen LogP contribution in [-0.2, 0) is 17.8 Å². The fraction of sp³-hybridized carbons (Fsp3) is 0.133. The van der Waals surface area contributed by atoms with Gasteiger partial charge in [-0.05, 0) is 23.8 Å². The lowest BCUT2D eigenvalue weighted by Gasteiger charge is -2.09. The van der Waals surface area contributed by atoms with E-state index in [4.69, 9.17) is 0 Å². The minimum atomic E-state index is -0.188. The van der Waals surface area contributed by atoms with Gasteiger partial charge in [0.1, 0.15) is 5.75 Å². The molecule has 0 aromatic heterocycles. The molecule has 0 bridgehead atoms. The van der Waals surface area contributed by atoms with E-state index in [1.54, 1.807) is 48.5 Å². The molecule has 0 unspecified atom stereocenters. The Balaban J connectivity index is 2.05. The minimum absolute atomic E-state index is 0.122. The molecule has 2 aromatic rings. The molecule has 2 rings (SSSR count). The van der Waals surface area contributed by atoms with Crippen LogP contribution in [0, 0.1) is 0 Å². The van der Waals surface area contributed by atoms with Gasteiger partial charge in [0, 0.05) is 11.3 Å². The zero-order valence-corrected chi connectivity index (χ0v) is 10.3. The number of rotatable bonds is 4. The summed E-state index contributed by atoms with van der Waals surface area (Å²) < 4.78 is 0. The molecule has 0 spiro atoms. The molecule has 0 aliphatic carbocycles. The zero-order chi connectivity index (χ0) is 13.7. The van der Waals surface area contributed by atoms with Gasteiger partial charge in [-0.25, -0.2) is 0 Å². The molecule has 0 atom stereocenters. The van der Waals surface area contributed by atoms with Crippen LogP contribution in [-0.4, -0.2) is 16.1 Å². The van der Waals surface area contributed by atoms with Gasteiger partial charge in [0.25, 0.3) is 0 Å². The Hall–Kier alpha value is -2.33. The number of para-hydroxylation sites is 1. The summed E-state index contributed by atoms with van der Waals surface area (Å²) in [5.41, 5.74) is 2.01. The van der Waals surface area contributed by atoms with E-state index < -0.39 is 0 Å². The van der Waals surface area contributed by atoms with Crippen molar-refractivity contribution in [1.29, 1.82) is 0 Å². The third kappa shape index (κ3) is 3.56. The van der Waals surface area contributed by atoms with Crippen molar-refractivity contribution in [2.75, 3.05) is 5.32 Å². The Kier molecular flexibility index (Phi) is 4.15. The first-order valence-electron chi connectivity index (χ1n) is 5.95. The number of phenolic OH excluding ortho intramolecular Hbond substituents is 1. The number of benzene rings is 2. The third-order valence-corrected chi connectivity index (χ3v) is 2.74. The monoisotopic (exact) mass is 257 g/mol. The number of anilines is 1. The number of aliphatic hydroxyl groups excluding tert-OH is 1. The summed E-state index contributed by atoms with van der Waals surface area (Å²) >= 11 is 0. The smallest absolute Gasteiger partial charge is 0.228 e. The standard InChI is InChI=1S/C15H15NO3/c17-10-12-5-1-2-7-14(12)16-15(19)9-11-4-3-6-13(18)8-11/h1-8,17-18H,9-10H2,(H,16,19). The van der Waals surface area contributed by atoms with Crippen LogP contribution in [0.1, 0.15) is 11.1 Å². The molecule has 4 nitrogen and oxygen atoms in total. The lowest BCUT2D eigenvalue weighted by molar-refractivity contribution is -0.115. The van der Waals surface area contributed by atoms with Crippen LogP contribution in [0.5, 0.6) is 5.75 Å². The van der Waals surface area contributed by atoms with Crippen molar-refractivity contribution in [3.63, 3.8) is 0 Å². The van der Waals surface area contributed by atoms with Crippen molar-refractivity contribution in [3.05, 3.63) is 59.7 Å². The summed E-state index contributed by atoms with van der Waals surface area (Å²) in [5.74, 6) is -0.0486. The third-order valence-electron chi connectivity index (χ3n) is 2.74. The van der Waals surface area contributed by atoms with E-state index >= 15 is 0 Å². The van der Waals surface area contributed by atoms with E-state index in [9.17, 15) is 15.0 Å². The molecule has 0 aliphatic rings. The predicted molar refractivity (Wildman–Crippen MR) is 72.8 cm³/mol. The lowest BCUT2D eigenvalue weighted by Crippen LogP contribution is -2.15. The van der Waals surface area contributed by atoms with Crippen molar-refractivity contribution in [2.24, 2.45) is 0 Å². The Morgan fingerprint density at radius 1 is 1.11 bits per heavy atom. The molecule has 0 saturated heterocycles. The van der Waals surface area contributed by atoms with Gasteiger partial charge in [-0.2, -0.15) is 0 Å². The van der Waals surface area contributed by atoms with Gasteiger partial charge in [-0.15, -0.1) is 0 Å². The molecular formula is C15H15NO3. The number of carbonyl (C=O) groups is 1. The van der Waals surface area contributed by atoms with Gasteiger partial charge in [0.05, 0.1) is 13.0 Å². The van der Waals surface area contributed by atoms with Gasteiger partial charge in [0.15, 0.2) is 0 Å². The molecule has 4 heteroatoms. The molecule has 19 heavy (non-hydrogen) atoms. The number of nitrogens with one attached hydrogen (secondary N) is 1. The summed E-state index contributed by atoms with van der Waals surface area (Å²) in [4.78, 5) is 11.9. The molecular weight excluding hydrogens is 242 g/mol. The summed E-state index contributed by atoms with van der Waals surface area (Å²) in [5, 5.41) is 21.3. The number of amides is 1. The highest BCUT2D eigenvalue weighted by Crippen LogP contribution is 2.16. The van der Waals surface area contributed by atoms with Crippen molar-refractivity contribution in [3.8, 4) is 5.75 Å². The average Bonchev–Trinajstić information content (AvgIpc) is 2.39. The predicted octanol–water partition coefficient (Wildman–Crippen LogP) is 2.07. The summed E-state index contributed by atoms with van der Waals surface area (Å²) in [6, 6.07) is 13.7. The number of hydrogen-bond acceptors (Lipinski definition) is 3. The summed E-state index contributed by atoms with van der Waals surface area (Å²) in [7, 11) is 0. The van der Waals surface area contributed by atoms with E-state index in [0.29, 0.717) is 11.3 Å². The highest BCUT2D eigenvalue weighted by atomic mass is 16.3. The highest BCUT2D eigenvalue weighted by Gasteiger charge is 2.07. The van der Waals surface area contributed by atoms with Crippen LogP contribution in [0.15, 0.2) is 48.5 Å². The quantitative estimate of drug-likeness (QED) is 0.785. The van der Waals surface area contributed by atoms with E-state index in [1.165, 1.54) is 0 Å². The van der Waals surface area contributed by atoms with E-state index in [2.05, 4.69) is 5.32 Å². The number of hydrogen-bond donors (Lipinski definition) is 3. The second-order valence-corrected chi connectivity index (χ2v) is 4.21. The van der Waals surface area contributed by atoms with Gasteiger partial charge < -0.3 is 15.5 Å². The van der Waals surface area contributed by atoms with Crippen molar-refractivity contribution >= 4 is 11.6 Å². The van der Waals surface area contributed by atoms with Crippen LogP contribution in [0.25, 0.3) is 0 Å². The normalized spacial score (nSPS) is 10.2. The molecule has 0 saturated carbocycles. The first-order valence-corrected chi connectivity index (χ1v) is 5.95. The van der Waals surface area contributed by atoms with E-state index in [0.717, 1.165) is 5.56 Å². The van der Waals surface area contributed by atoms with Gasteiger partial charge in [-0.1, -0.05) is 30.3 Å². The first kappa shape index (κ1) is 13.1. The van der Waals surface area contributed by atoms with Crippen LogP contribution in [0.3, 0.4) is 0 Å². The fourth-order valence-corrected chi connectivity index (χ4v) is 1.83. The number of carbonyl (C=O) groups excluding carboxylic acids is 1. The maximum atomic E-state index is 11.9. The van der Waals surface area contributed by atoms with Crippen LogP contribution < -0.4 is 5.32 Å². The molecule has 0 fully saturated rings. The molecule has 1 amide bonds. The maximum absolute atomic E-state index is 11.9. The maximum Gasteiger partial charge on any atom is 0.228 e. The van der Waals surface area contributed by atoms with E-state index in [-0.39, 0.29) is 24.7 Å². The van der Waals surface area contributed by atoms with Crippen LogP contribution in [0.2, 0.25) is 0 Å². The SMILES string of the molecule is O=C(Cc1cccc(O)c1)Nc1ccccc1CO. The molecule has 3 N–H and O–H groups in total. The largest absolute Gasteiger partial charge is 0.508 e. The summed E-state index contributed by atoms with van der Waals surface area (Å²) in [6.07, 6.45) is 0.175. The second-order valence-electron chi connectivity index (χ2n) is 4.21. The van der Waals surface area contributed by atoms with Gasteiger partial charge in [-0.3, -0.25) is 4.79 Å². The van der Waals surface area contributed by atoms with Crippen molar-refractivity contribution in [2.45, 2.75) is 13.0 Å². The molecule has 98 valence electrons. The lowest BCUT2D eigenvalue weighted by atomic mass is 10.1. The van der Waals surface area contributed by atoms with E-state index in [1.807, 2.05) is 0 Å². The fourth-order valence-electron chi connectivity index (χ4n) is 1.83.